The molecular weight excluding hydrogens is 390 g/mol. The molecule has 0 unspecified atom stereocenters. The third kappa shape index (κ3) is 6.36. The summed E-state index contributed by atoms with van der Waals surface area (Å²) in [5.74, 6) is -2.06. The molecule has 0 saturated carbocycles. The Hall–Kier alpha value is -3.25. The number of anilines is 1. The van der Waals surface area contributed by atoms with Crippen LogP contribution < -0.4 is 4.90 Å². The van der Waals surface area contributed by atoms with Crippen molar-refractivity contribution in [3.8, 4) is 22.5 Å². The summed E-state index contributed by atoms with van der Waals surface area (Å²) in [7, 11) is 0. The van der Waals surface area contributed by atoms with Crippen molar-refractivity contribution in [2.24, 2.45) is 0 Å². The topological polar surface area (TPSA) is 75.5 Å². The van der Waals surface area contributed by atoms with Crippen LogP contribution in [0, 0.1) is 0 Å². The molecule has 0 atom stereocenters. The fourth-order valence-electron chi connectivity index (χ4n) is 2.74. The molecule has 0 aliphatic rings. The molecule has 6 nitrogen and oxygen atoms in total. The van der Waals surface area contributed by atoms with E-state index < -0.39 is 64.0 Å². The van der Waals surface area contributed by atoms with Crippen molar-refractivity contribution in [3.05, 3.63) is 66.9 Å². The van der Waals surface area contributed by atoms with Gasteiger partial charge in [-0.05, 0) is 26.5 Å². The predicted octanol–water partition coefficient (Wildman–Crippen LogP) is 4.91. The number of carbonyl (C=O) groups is 1. The van der Waals surface area contributed by atoms with Crippen LogP contribution in [-0.2, 0) is 9.53 Å². The van der Waals surface area contributed by atoms with Gasteiger partial charge in [-0.2, -0.15) is 0 Å². The van der Waals surface area contributed by atoms with Crippen LogP contribution in [0.2, 0.25) is 0 Å². The summed E-state index contributed by atoms with van der Waals surface area (Å²) < 4.78 is 96.5. The molecule has 0 radical (unpaired) electrons. The first-order chi connectivity index (χ1) is 19.3. The van der Waals surface area contributed by atoms with Crippen LogP contribution in [0.4, 0.5) is 5.82 Å². The number of nitrogens with zero attached hydrogens (tertiary/aromatic N) is 3. The summed E-state index contributed by atoms with van der Waals surface area (Å²) in [6.07, 6.45) is -2.99. The van der Waals surface area contributed by atoms with Crippen LogP contribution in [-0.4, -0.2) is 46.8 Å². The van der Waals surface area contributed by atoms with Gasteiger partial charge in [-0.25, -0.2) is 9.78 Å². The fourth-order valence-corrected chi connectivity index (χ4v) is 2.74. The van der Waals surface area contributed by atoms with Crippen molar-refractivity contribution < 1.29 is 29.7 Å². The van der Waals surface area contributed by atoms with Crippen LogP contribution in [0.5, 0.6) is 0 Å². The van der Waals surface area contributed by atoms with E-state index >= 15 is 0 Å². The van der Waals surface area contributed by atoms with Crippen LogP contribution in [0.1, 0.15) is 41.6 Å². The van der Waals surface area contributed by atoms with E-state index in [1.54, 1.807) is 60.7 Å². The Morgan fingerprint density at radius 1 is 1.13 bits per heavy atom. The number of aliphatic carboxylic acids is 1. The number of aromatic nitrogens is 2. The monoisotopic (exact) mass is 430 g/mol. The quantitative estimate of drug-likeness (QED) is 0.436. The third-order valence-corrected chi connectivity index (χ3v) is 4.09. The lowest BCUT2D eigenvalue weighted by Crippen LogP contribution is -2.33. The van der Waals surface area contributed by atoms with Crippen molar-refractivity contribution in [1.29, 1.82) is 0 Å². The maximum absolute atomic E-state index is 10.8. The third-order valence-electron chi connectivity index (χ3n) is 4.09. The van der Waals surface area contributed by atoms with E-state index in [0.29, 0.717) is 11.1 Å². The summed E-state index contributed by atoms with van der Waals surface area (Å²) in [6.45, 7) is -12.4. The van der Waals surface area contributed by atoms with Gasteiger partial charge in [-0.1, -0.05) is 60.7 Å². The summed E-state index contributed by atoms with van der Waals surface area (Å²) in [5.41, 5.74) is 1.42. The molecule has 1 heterocycles. The Morgan fingerprint density at radius 2 is 1.77 bits per heavy atom. The van der Waals surface area contributed by atoms with Crippen LogP contribution >= 0.6 is 0 Å². The lowest BCUT2D eigenvalue weighted by atomic mass is 10.0. The lowest BCUT2D eigenvalue weighted by molar-refractivity contribution is -0.142. The molecule has 2 aromatic carbocycles. The van der Waals surface area contributed by atoms with E-state index in [1.807, 2.05) is 0 Å². The Kier molecular flexibility index (Phi) is 4.33. The number of rotatable bonds is 11. The molecule has 0 bridgehead atoms. The molecule has 0 spiro atoms. The van der Waals surface area contributed by atoms with Gasteiger partial charge in [-0.3, -0.25) is 4.98 Å². The van der Waals surface area contributed by atoms with Gasteiger partial charge in [-0.15, -0.1) is 0 Å². The van der Waals surface area contributed by atoms with Crippen LogP contribution in [0.25, 0.3) is 22.5 Å². The highest BCUT2D eigenvalue weighted by atomic mass is 16.5. The number of benzene rings is 2. The van der Waals surface area contributed by atoms with Crippen LogP contribution in [0.15, 0.2) is 66.9 Å². The van der Waals surface area contributed by atoms with E-state index in [2.05, 4.69) is 9.97 Å². The van der Waals surface area contributed by atoms with Gasteiger partial charge in [0, 0.05) is 44.0 Å². The molecule has 6 heteroatoms. The molecule has 0 amide bonds. The standard InChI is InChI=1S/C25H29N3O3/c1-19(2)28(15-9-10-16-31-18-23(29)30)22-17-26-24(20-11-5-3-6-12-20)25(27-22)21-13-7-4-8-14-21/h3-8,11-14,17,19H,9-10,15-16,18H2,1-2H3,(H,29,30)/i1D3,2D3,9D2,15D2,19D. The van der Waals surface area contributed by atoms with Crippen molar-refractivity contribution in [1.82, 2.24) is 9.97 Å². The van der Waals surface area contributed by atoms with Crippen molar-refractivity contribution in [2.75, 3.05) is 24.6 Å². The zero-order chi connectivity index (χ0) is 31.6. The zero-order valence-electron chi connectivity index (χ0n) is 27.6. The molecule has 31 heavy (non-hydrogen) atoms. The average molecular weight is 431 g/mol. The number of hydrogen-bond acceptors (Lipinski definition) is 5. The Balaban J connectivity index is 2.32. The number of carboxylic acids is 1. The van der Waals surface area contributed by atoms with Gasteiger partial charge < -0.3 is 14.7 Å². The molecule has 0 aliphatic heterocycles. The smallest absolute Gasteiger partial charge is 0.329 e. The maximum Gasteiger partial charge on any atom is 0.329 e. The lowest BCUT2D eigenvalue weighted by Gasteiger charge is -2.28. The summed E-state index contributed by atoms with van der Waals surface area (Å²) in [4.78, 5) is 19.6. The molecule has 3 rings (SSSR count). The van der Waals surface area contributed by atoms with Crippen molar-refractivity contribution in [2.45, 2.75) is 32.5 Å². The molecule has 0 saturated heterocycles. The van der Waals surface area contributed by atoms with Gasteiger partial charge in [0.2, 0.25) is 0 Å². The van der Waals surface area contributed by atoms with Crippen LogP contribution in [0.3, 0.4) is 0 Å². The minimum absolute atomic E-state index is 0.00537. The van der Waals surface area contributed by atoms with E-state index in [9.17, 15) is 4.79 Å². The highest BCUT2D eigenvalue weighted by molar-refractivity contribution is 5.78. The minimum Gasteiger partial charge on any atom is -0.480 e. The second-order valence-corrected chi connectivity index (χ2v) is 6.33. The van der Waals surface area contributed by atoms with E-state index in [4.69, 9.17) is 24.9 Å². The highest BCUT2D eigenvalue weighted by Gasteiger charge is 2.17. The molecule has 1 aromatic heterocycles. The Bertz CT molecular complexity index is 1350. The zero-order valence-corrected chi connectivity index (χ0v) is 16.6. The molecule has 0 fully saturated rings. The highest BCUT2D eigenvalue weighted by Crippen LogP contribution is 2.30. The second kappa shape index (κ2) is 11.2. The molecule has 0 aliphatic carbocycles. The van der Waals surface area contributed by atoms with Gasteiger partial charge in [0.15, 0.2) is 0 Å². The summed E-state index contributed by atoms with van der Waals surface area (Å²) in [6, 6.07) is 13.4. The van der Waals surface area contributed by atoms with Gasteiger partial charge in [0.1, 0.15) is 12.4 Å². The minimum atomic E-state index is -3.75. The maximum atomic E-state index is 10.8. The van der Waals surface area contributed by atoms with Gasteiger partial charge in [0.25, 0.3) is 0 Å². The summed E-state index contributed by atoms with van der Waals surface area (Å²) >= 11 is 0. The SMILES string of the molecule is [2H]C([2H])([2H])C([2H])(N(c1cnc(-c2ccccc2)c(-c2ccccc2)n1)C([2H])([2H])C([2H])([2H])CCOCC(=O)O)C([2H])([2H])[2H]. The van der Waals surface area contributed by atoms with Gasteiger partial charge >= 0.3 is 5.97 Å². The molecule has 162 valence electrons. The van der Waals surface area contributed by atoms with Gasteiger partial charge in [0.05, 0.1) is 19.0 Å². The Morgan fingerprint density at radius 3 is 2.39 bits per heavy atom. The molecular formula is C25H29N3O3. The first-order valence-electron chi connectivity index (χ1n) is 14.9. The number of carboxylic acid groups (broad SMARTS) is 1. The van der Waals surface area contributed by atoms with E-state index in [-0.39, 0.29) is 16.3 Å². The fraction of sp³-hybridized carbons (Fsp3) is 0.320. The Labute approximate surface area is 199 Å². The average Bonchev–Trinajstić information content (AvgIpc) is 2.90. The normalized spacial score (nSPS) is 18.3. The predicted molar refractivity (Wildman–Crippen MR) is 123 cm³/mol. The molecule has 1 N–H and O–H groups in total. The molecule has 3 aromatic rings. The largest absolute Gasteiger partial charge is 0.480 e. The first kappa shape index (κ1) is 12.0. The van der Waals surface area contributed by atoms with E-state index in [0.717, 1.165) is 6.20 Å². The van der Waals surface area contributed by atoms with E-state index in [1.165, 1.54) is 0 Å². The number of ether oxygens (including phenoxy) is 1. The second-order valence-electron chi connectivity index (χ2n) is 6.33. The van der Waals surface area contributed by atoms with Crippen molar-refractivity contribution >= 4 is 11.8 Å². The summed E-state index contributed by atoms with van der Waals surface area (Å²) in [5, 5.41) is 8.78. The first-order valence-corrected chi connectivity index (χ1v) is 9.42. The van der Waals surface area contributed by atoms with Crippen molar-refractivity contribution in [3.63, 3.8) is 0 Å². The number of hydrogen-bond donors (Lipinski definition) is 1.